The maximum Gasteiger partial charge on any atom is 0.0976 e. The van der Waals surface area contributed by atoms with E-state index in [2.05, 4.69) is 0 Å². The zero-order valence-electron chi connectivity index (χ0n) is 5.81. The Morgan fingerprint density at radius 2 is 2.18 bits per heavy atom. The van der Waals surface area contributed by atoms with Crippen molar-refractivity contribution in [2.75, 3.05) is 6.61 Å². The van der Waals surface area contributed by atoms with Crippen LogP contribution in [0.1, 0.15) is 12.0 Å². The third kappa shape index (κ3) is 2.64. The number of aliphatic hydroxyl groups excluding tert-OH is 1. The first-order valence-electron chi connectivity index (χ1n) is 3.28. The Balaban J connectivity index is 2.62. The minimum Gasteiger partial charge on any atom is -0.396 e. The van der Waals surface area contributed by atoms with Gasteiger partial charge in [0.25, 0.3) is 0 Å². The van der Waals surface area contributed by atoms with Gasteiger partial charge in [-0.1, -0.05) is 23.2 Å². The highest BCUT2D eigenvalue weighted by molar-refractivity contribution is 7.20. The van der Waals surface area contributed by atoms with Crippen LogP contribution in [0.15, 0.2) is 6.07 Å². The number of halogens is 2. The Labute approximate surface area is 79.6 Å². The lowest BCUT2D eigenvalue weighted by Crippen LogP contribution is -1.86. The average Bonchev–Trinajstić information content (AvgIpc) is 2.26. The molecule has 0 radical (unpaired) electrons. The summed E-state index contributed by atoms with van der Waals surface area (Å²) in [5.41, 5.74) is 1.04. The summed E-state index contributed by atoms with van der Waals surface area (Å²) in [5.74, 6) is 0. The summed E-state index contributed by atoms with van der Waals surface area (Å²) in [4.78, 5) is 0. The van der Waals surface area contributed by atoms with Gasteiger partial charge in [0, 0.05) is 6.61 Å². The Kier molecular flexibility index (Phi) is 3.66. The lowest BCUT2D eigenvalue weighted by Gasteiger charge is -1.93. The van der Waals surface area contributed by atoms with Crippen molar-refractivity contribution < 1.29 is 5.11 Å². The molecule has 0 bridgehead atoms. The molecule has 0 spiro atoms. The van der Waals surface area contributed by atoms with Gasteiger partial charge in [0.2, 0.25) is 0 Å². The normalized spacial score (nSPS) is 10.5. The molecule has 0 fully saturated rings. The van der Waals surface area contributed by atoms with Crippen molar-refractivity contribution in [1.29, 1.82) is 0 Å². The molecule has 0 aromatic carbocycles. The lowest BCUT2D eigenvalue weighted by molar-refractivity contribution is 0.288. The van der Waals surface area contributed by atoms with E-state index in [1.165, 1.54) is 11.3 Å². The molecule has 0 aliphatic rings. The molecule has 1 rings (SSSR count). The van der Waals surface area contributed by atoms with Crippen molar-refractivity contribution in [3.05, 3.63) is 20.3 Å². The number of hydrogen-bond acceptors (Lipinski definition) is 2. The summed E-state index contributed by atoms with van der Waals surface area (Å²) < 4.78 is 1.45. The molecule has 0 atom stereocenters. The van der Waals surface area contributed by atoms with Crippen LogP contribution in [0.5, 0.6) is 0 Å². The number of hydrogen-bond donors (Lipinski definition) is 1. The molecule has 1 heterocycles. The van der Waals surface area contributed by atoms with Crippen molar-refractivity contribution >= 4 is 34.5 Å². The number of thiophene rings is 1. The molecule has 1 aromatic rings. The van der Waals surface area contributed by atoms with Gasteiger partial charge in [-0.25, -0.2) is 0 Å². The Hall–Kier alpha value is 0.240. The molecular formula is C7H8Cl2OS. The Morgan fingerprint density at radius 3 is 2.64 bits per heavy atom. The average molecular weight is 211 g/mol. The van der Waals surface area contributed by atoms with Crippen LogP contribution in [0.2, 0.25) is 8.67 Å². The van der Waals surface area contributed by atoms with E-state index in [0.29, 0.717) is 4.34 Å². The molecule has 1 N–H and O–H groups in total. The highest BCUT2D eigenvalue weighted by Crippen LogP contribution is 2.31. The molecule has 1 aromatic heterocycles. The van der Waals surface area contributed by atoms with E-state index in [9.17, 15) is 0 Å². The van der Waals surface area contributed by atoms with Gasteiger partial charge in [0.05, 0.1) is 8.67 Å². The van der Waals surface area contributed by atoms with Crippen molar-refractivity contribution in [3.8, 4) is 0 Å². The predicted octanol–water partition coefficient (Wildman–Crippen LogP) is 2.98. The molecule has 0 amide bonds. The molecular weight excluding hydrogens is 203 g/mol. The first kappa shape index (κ1) is 9.33. The first-order chi connectivity index (χ1) is 5.24. The summed E-state index contributed by atoms with van der Waals surface area (Å²) in [7, 11) is 0. The Morgan fingerprint density at radius 1 is 1.45 bits per heavy atom. The molecule has 0 aliphatic heterocycles. The molecule has 11 heavy (non-hydrogen) atoms. The van der Waals surface area contributed by atoms with E-state index in [4.69, 9.17) is 28.3 Å². The van der Waals surface area contributed by atoms with E-state index >= 15 is 0 Å². The number of aryl methyl sites for hydroxylation is 1. The zero-order chi connectivity index (χ0) is 8.27. The van der Waals surface area contributed by atoms with Crippen LogP contribution in [0.25, 0.3) is 0 Å². The minimum atomic E-state index is 0.198. The van der Waals surface area contributed by atoms with Crippen molar-refractivity contribution in [2.45, 2.75) is 12.8 Å². The van der Waals surface area contributed by atoms with Gasteiger partial charge < -0.3 is 5.11 Å². The fourth-order valence-corrected chi connectivity index (χ4v) is 2.36. The van der Waals surface area contributed by atoms with E-state index < -0.39 is 0 Å². The molecule has 0 saturated carbocycles. The highest BCUT2D eigenvalue weighted by Gasteiger charge is 2.04. The van der Waals surface area contributed by atoms with Gasteiger partial charge >= 0.3 is 0 Å². The highest BCUT2D eigenvalue weighted by atomic mass is 35.5. The van der Waals surface area contributed by atoms with Crippen LogP contribution >= 0.6 is 34.5 Å². The van der Waals surface area contributed by atoms with Crippen LogP contribution < -0.4 is 0 Å². The molecule has 0 saturated heterocycles. The molecule has 4 heteroatoms. The summed E-state index contributed by atoms with van der Waals surface area (Å²) >= 11 is 12.9. The second-order valence-corrected chi connectivity index (χ2v) is 4.46. The summed E-state index contributed by atoms with van der Waals surface area (Å²) in [6.45, 7) is 0.198. The van der Waals surface area contributed by atoms with Gasteiger partial charge in [-0.2, -0.15) is 0 Å². The summed E-state index contributed by atoms with van der Waals surface area (Å²) in [6.07, 6.45) is 1.55. The van der Waals surface area contributed by atoms with E-state index in [1.807, 2.05) is 6.07 Å². The fourth-order valence-electron chi connectivity index (χ4n) is 0.814. The van der Waals surface area contributed by atoms with Gasteiger partial charge in [-0.15, -0.1) is 11.3 Å². The topological polar surface area (TPSA) is 20.2 Å². The Bertz CT molecular complexity index is 234. The maximum atomic E-state index is 8.55. The number of rotatable bonds is 3. The van der Waals surface area contributed by atoms with Crippen LogP contribution in [-0.4, -0.2) is 11.7 Å². The zero-order valence-corrected chi connectivity index (χ0v) is 8.14. The molecule has 0 unspecified atom stereocenters. The van der Waals surface area contributed by atoms with Crippen molar-refractivity contribution in [2.24, 2.45) is 0 Å². The van der Waals surface area contributed by atoms with Crippen LogP contribution in [-0.2, 0) is 6.42 Å². The van der Waals surface area contributed by atoms with Crippen LogP contribution in [0.3, 0.4) is 0 Å². The predicted molar refractivity (Wildman–Crippen MR) is 49.7 cm³/mol. The van der Waals surface area contributed by atoms with Crippen molar-refractivity contribution in [3.63, 3.8) is 0 Å². The monoisotopic (exact) mass is 210 g/mol. The summed E-state index contributed by atoms with van der Waals surface area (Å²) in [5, 5.41) is 8.55. The lowest BCUT2D eigenvalue weighted by atomic mass is 10.2. The molecule has 1 nitrogen and oxygen atoms in total. The second kappa shape index (κ2) is 4.31. The summed E-state index contributed by atoms with van der Waals surface area (Å²) in [6, 6.07) is 1.85. The molecule has 62 valence electrons. The van der Waals surface area contributed by atoms with E-state index in [-0.39, 0.29) is 6.61 Å². The standard InChI is InChI=1S/C7H8Cl2OS/c8-6-4-5(2-1-3-10)7(9)11-6/h4,10H,1-3H2. The van der Waals surface area contributed by atoms with Gasteiger partial charge in [0.1, 0.15) is 0 Å². The number of aliphatic hydroxyl groups is 1. The molecule has 0 aliphatic carbocycles. The quantitative estimate of drug-likeness (QED) is 0.814. The van der Waals surface area contributed by atoms with Gasteiger partial charge in [-0.3, -0.25) is 0 Å². The van der Waals surface area contributed by atoms with Gasteiger partial charge in [0.15, 0.2) is 0 Å². The minimum absolute atomic E-state index is 0.198. The fraction of sp³-hybridized carbons (Fsp3) is 0.429. The van der Waals surface area contributed by atoms with E-state index in [0.717, 1.165) is 22.7 Å². The third-order valence-corrected chi connectivity index (χ3v) is 2.90. The maximum absolute atomic E-state index is 8.55. The van der Waals surface area contributed by atoms with Crippen LogP contribution in [0, 0.1) is 0 Å². The smallest absolute Gasteiger partial charge is 0.0976 e. The first-order valence-corrected chi connectivity index (χ1v) is 4.86. The third-order valence-electron chi connectivity index (χ3n) is 1.33. The van der Waals surface area contributed by atoms with Crippen LogP contribution in [0.4, 0.5) is 0 Å². The second-order valence-electron chi connectivity index (χ2n) is 2.18. The largest absolute Gasteiger partial charge is 0.396 e. The SMILES string of the molecule is OCCCc1cc(Cl)sc1Cl. The van der Waals surface area contributed by atoms with Crippen molar-refractivity contribution in [1.82, 2.24) is 0 Å². The van der Waals surface area contributed by atoms with E-state index in [1.54, 1.807) is 0 Å². The van der Waals surface area contributed by atoms with Gasteiger partial charge in [-0.05, 0) is 24.5 Å².